The number of carbonyl (C=O) groups excluding carboxylic acids is 1. The molecule has 2 aliphatic heterocycles. The fourth-order valence-electron chi connectivity index (χ4n) is 5.24. The van der Waals surface area contributed by atoms with Crippen molar-refractivity contribution in [3.05, 3.63) is 41.5 Å². The quantitative estimate of drug-likeness (QED) is 0.721. The van der Waals surface area contributed by atoms with Gasteiger partial charge >= 0.3 is 6.03 Å². The Morgan fingerprint density at radius 1 is 0.939 bits per heavy atom. The van der Waals surface area contributed by atoms with E-state index >= 15 is 0 Å². The number of carbonyl (C=O) groups is 1. The van der Waals surface area contributed by atoms with Gasteiger partial charge in [0.2, 0.25) is 10.0 Å². The lowest BCUT2D eigenvalue weighted by atomic mass is 9.84. The van der Waals surface area contributed by atoms with Crippen LogP contribution in [0.1, 0.15) is 61.7 Å². The molecule has 2 aromatic rings. The van der Waals surface area contributed by atoms with Crippen molar-refractivity contribution in [2.75, 3.05) is 26.2 Å². The molecule has 0 spiro atoms. The SMILES string of the molecule is O=C(NCc1nnc2n1CCC2)N1CCN(S(=O)(=O)c2ccc(C3CCCCC3)cc2)CC1. The summed E-state index contributed by atoms with van der Waals surface area (Å²) in [5, 5.41) is 11.2. The second-order valence-corrected chi connectivity index (χ2v) is 11.2. The van der Waals surface area contributed by atoms with E-state index in [-0.39, 0.29) is 6.03 Å². The van der Waals surface area contributed by atoms with Crippen molar-refractivity contribution >= 4 is 16.1 Å². The van der Waals surface area contributed by atoms with Crippen LogP contribution in [-0.2, 0) is 29.5 Å². The summed E-state index contributed by atoms with van der Waals surface area (Å²) >= 11 is 0. The van der Waals surface area contributed by atoms with Crippen LogP contribution in [0.25, 0.3) is 0 Å². The maximum Gasteiger partial charge on any atom is 0.317 e. The molecule has 5 rings (SSSR count). The van der Waals surface area contributed by atoms with E-state index in [1.807, 2.05) is 12.1 Å². The number of hydrogen-bond donors (Lipinski definition) is 1. The molecule has 10 heteroatoms. The molecule has 2 amide bonds. The van der Waals surface area contributed by atoms with Crippen LogP contribution in [0.2, 0.25) is 0 Å². The van der Waals surface area contributed by atoms with Gasteiger partial charge in [0.05, 0.1) is 11.4 Å². The summed E-state index contributed by atoms with van der Waals surface area (Å²) in [5.41, 5.74) is 1.24. The minimum absolute atomic E-state index is 0.195. The second-order valence-electron chi connectivity index (χ2n) is 9.24. The molecular formula is C23H32N6O3S. The molecule has 1 aromatic carbocycles. The predicted octanol–water partition coefficient (Wildman–Crippen LogP) is 2.49. The van der Waals surface area contributed by atoms with Gasteiger partial charge in [0.1, 0.15) is 5.82 Å². The highest BCUT2D eigenvalue weighted by Gasteiger charge is 2.30. The molecule has 0 radical (unpaired) electrons. The van der Waals surface area contributed by atoms with Crippen LogP contribution in [0.3, 0.4) is 0 Å². The van der Waals surface area contributed by atoms with Crippen molar-refractivity contribution in [1.82, 2.24) is 29.3 Å². The monoisotopic (exact) mass is 472 g/mol. The Hall–Kier alpha value is -2.46. The van der Waals surface area contributed by atoms with Crippen LogP contribution in [0.4, 0.5) is 4.79 Å². The average molecular weight is 473 g/mol. The first kappa shape index (κ1) is 22.3. The van der Waals surface area contributed by atoms with E-state index in [0.717, 1.165) is 31.0 Å². The highest BCUT2D eigenvalue weighted by molar-refractivity contribution is 7.89. The van der Waals surface area contributed by atoms with Crippen LogP contribution < -0.4 is 5.32 Å². The van der Waals surface area contributed by atoms with Crippen LogP contribution in [0.15, 0.2) is 29.2 Å². The van der Waals surface area contributed by atoms with Gasteiger partial charge in [-0.05, 0) is 42.9 Å². The normalized spacial score (nSPS) is 20.1. The summed E-state index contributed by atoms with van der Waals surface area (Å²) in [7, 11) is -3.56. The number of fused-ring (bicyclic) bond motifs is 1. The lowest BCUT2D eigenvalue weighted by Crippen LogP contribution is -2.53. The summed E-state index contributed by atoms with van der Waals surface area (Å²) in [6, 6.07) is 7.26. The third-order valence-electron chi connectivity index (χ3n) is 7.20. The molecule has 1 saturated carbocycles. The molecule has 178 valence electrons. The first-order valence-corrected chi connectivity index (χ1v) is 13.5. The van der Waals surface area contributed by atoms with Crippen LogP contribution in [0.5, 0.6) is 0 Å². The Morgan fingerprint density at radius 3 is 2.39 bits per heavy atom. The van der Waals surface area contributed by atoms with Gasteiger partial charge in [0, 0.05) is 39.1 Å². The smallest absolute Gasteiger partial charge is 0.317 e. The molecule has 1 aromatic heterocycles. The minimum atomic E-state index is -3.56. The van der Waals surface area contributed by atoms with Crippen molar-refractivity contribution in [2.45, 2.75) is 68.8 Å². The first-order valence-electron chi connectivity index (χ1n) is 12.1. The fourth-order valence-corrected chi connectivity index (χ4v) is 6.66. The summed E-state index contributed by atoms with van der Waals surface area (Å²) in [5.74, 6) is 2.30. The molecule has 0 bridgehead atoms. The molecule has 1 saturated heterocycles. The minimum Gasteiger partial charge on any atom is -0.331 e. The van der Waals surface area contributed by atoms with Crippen LogP contribution >= 0.6 is 0 Å². The Labute approximate surface area is 195 Å². The molecule has 0 unspecified atom stereocenters. The number of nitrogens with one attached hydrogen (secondary N) is 1. The van der Waals surface area contributed by atoms with E-state index in [2.05, 4.69) is 20.1 Å². The summed E-state index contributed by atoms with van der Waals surface area (Å²) < 4.78 is 29.8. The number of piperazine rings is 1. The number of rotatable bonds is 5. The largest absolute Gasteiger partial charge is 0.331 e. The van der Waals surface area contributed by atoms with Crippen molar-refractivity contribution in [3.8, 4) is 0 Å². The zero-order valence-electron chi connectivity index (χ0n) is 18.9. The first-order chi connectivity index (χ1) is 16.0. The van der Waals surface area contributed by atoms with Crippen LogP contribution in [0, 0.1) is 0 Å². The Kier molecular flexibility index (Phi) is 6.38. The highest BCUT2D eigenvalue weighted by Crippen LogP contribution is 2.33. The number of urea groups is 1. The van der Waals surface area contributed by atoms with Gasteiger partial charge in [0.25, 0.3) is 0 Å². The average Bonchev–Trinajstić information content (AvgIpc) is 3.48. The van der Waals surface area contributed by atoms with Gasteiger partial charge in [-0.1, -0.05) is 31.4 Å². The number of hydrogen-bond acceptors (Lipinski definition) is 5. The topological polar surface area (TPSA) is 100 Å². The van der Waals surface area contributed by atoms with E-state index in [1.54, 1.807) is 17.0 Å². The number of amides is 2. The summed E-state index contributed by atoms with van der Waals surface area (Å²) in [6.07, 6.45) is 8.18. The molecule has 1 N–H and O–H groups in total. The van der Waals surface area contributed by atoms with E-state index < -0.39 is 10.0 Å². The van der Waals surface area contributed by atoms with E-state index in [1.165, 1.54) is 42.0 Å². The van der Waals surface area contributed by atoms with Gasteiger partial charge in [-0.2, -0.15) is 4.31 Å². The Bertz CT molecular complexity index is 1080. The summed E-state index contributed by atoms with van der Waals surface area (Å²) in [4.78, 5) is 14.6. The standard InChI is InChI=1S/C23H32N6O3S/c30-23(24-17-22-26-25-21-7-4-12-29(21)22)27-13-15-28(16-14-27)33(31,32)20-10-8-19(9-11-20)18-5-2-1-3-6-18/h8-11,18H,1-7,12-17H2,(H,24,30). The van der Waals surface area contributed by atoms with E-state index in [9.17, 15) is 13.2 Å². The molecule has 33 heavy (non-hydrogen) atoms. The lowest BCUT2D eigenvalue weighted by molar-refractivity contribution is 0.171. The van der Waals surface area contributed by atoms with Crippen molar-refractivity contribution < 1.29 is 13.2 Å². The predicted molar refractivity (Wildman–Crippen MR) is 123 cm³/mol. The van der Waals surface area contributed by atoms with Crippen molar-refractivity contribution in [1.29, 1.82) is 0 Å². The maximum atomic E-state index is 13.1. The van der Waals surface area contributed by atoms with Gasteiger partial charge < -0.3 is 14.8 Å². The van der Waals surface area contributed by atoms with Gasteiger partial charge in [-0.3, -0.25) is 0 Å². The van der Waals surface area contributed by atoms with Gasteiger partial charge in [-0.25, -0.2) is 13.2 Å². The van der Waals surface area contributed by atoms with E-state index in [4.69, 9.17) is 0 Å². The zero-order chi connectivity index (χ0) is 22.8. The lowest BCUT2D eigenvalue weighted by Gasteiger charge is -2.34. The fraction of sp³-hybridized carbons (Fsp3) is 0.609. The number of aromatic nitrogens is 3. The highest BCUT2D eigenvalue weighted by atomic mass is 32.2. The second kappa shape index (κ2) is 9.42. The number of aryl methyl sites for hydroxylation is 1. The third-order valence-corrected chi connectivity index (χ3v) is 9.12. The molecule has 0 atom stereocenters. The third kappa shape index (κ3) is 4.63. The Morgan fingerprint density at radius 2 is 1.67 bits per heavy atom. The van der Waals surface area contributed by atoms with Crippen LogP contribution in [-0.4, -0.2) is 64.6 Å². The molecule has 3 aliphatic rings. The molecular weight excluding hydrogens is 440 g/mol. The maximum absolute atomic E-state index is 13.1. The van der Waals surface area contributed by atoms with E-state index in [0.29, 0.717) is 43.5 Å². The molecule has 1 aliphatic carbocycles. The number of benzene rings is 1. The summed E-state index contributed by atoms with van der Waals surface area (Å²) in [6.45, 7) is 2.54. The molecule has 2 fully saturated rings. The van der Waals surface area contributed by atoms with Gasteiger partial charge in [-0.15, -0.1) is 10.2 Å². The van der Waals surface area contributed by atoms with Gasteiger partial charge in [0.15, 0.2) is 5.82 Å². The van der Waals surface area contributed by atoms with Crippen molar-refractivity contribution in [2.24, 2.45) is 0 Å². The molecule has 3 heterocycles. The Balaban J connectivity index is 1.14. The molecule has 9 nitrogen and oxygen atoms in total. The zero-order valence-corrected chi connectivity index (χ0v) is 19.8. The number of sulfonamides is 1. The van der Waals surface area contributed by atoms with Crippen molar-refractivity contribution in [3.63, 3.8) is 0 Å². The number of nitrogens with zero attached hydrogens (tertiary/aromatic N) is 5.